The van der Waals surface area contributed by atoms with Gasteiger partial charge >= 0.3 is 0 Å². The van der Waals surface area contributed by atoms with Crippen molar-refractivity contribution in [2.24, 2.45) is 11.7 Å². The Morgan fingerprint density at radius 2 is 1.85 bits per heavy atom. The molecule has 0 saturated heterocycles. The smallest absolute Gasteiger partial charge is 0.119 e. The zero-order chi connectivity index (χ0) is 15.0. The van der Waals surface area contributed by atoms with E-state index in [-0.39, 0.29) is 12.0 Å². The highest BCUT2D eigenvalue weighted by Gasteiger charge is 2.19. The van der Waals surface area contributed by atoms with Gasteiger partial charge in [0, 0.05) is 12.5 Å². The fourth-order valence-electron chi connectivity index (χ4n) is 2.20. The number of nitrogens with two attached hydrogens (primary N) is 1. The molecule has 0 bridgehead atoms. The van der Waals surface area contributed by atoms with Crippen LogP contribution in [0.4, 0.5) is 0 Å². The standard InChI is InChI=1S/C17H29NO2/c1-4-5-6-17(19)16(11-18)14-7-9-15(10-8-14)20-12-13(2)3/h7-10,13,16-17,19H,4-6,11-12,18H2,1-3H3. The van der Waals surface area contributed by atoms with E-state index in [1.54, 1.807) is 0 Å². The number of aliphatic hydroxyl groups is 1. The van der Waals surface area contributed by atoms with Crippen LogP contribution in [-0.4, -0.2) is 24.4 Å². The molecule has 2 unspecified atom stereocenters. The van der Waals surface area contributed by atoms with Crippen molar-refractivity contribution in [3.05, 3.63) is 29.8 Å². The van der Waals surface area contributed by atoms with Gasteiger partial charge in [-0.05, 0) is 30.0 Å². The third-order valence-electron chi connectivity index (χ3n) is 3.46. The van der Waals surface area contributed by atoms with Gasteiger partial charge in [0.1, 0.15) is 5.75 Å². The Kier molecular flexibility index (Phi) is 7.63. The van der Waals surface area contributed by atoms with Gasteiger partial charge in [-0.25, -0.2) is 0 Å². The molecule has 0 radical (unpaired) electrons. The van der Waals surface area contributed by atoms with Gasteiger partial charge in [-0.3, -0.25) is 0 Å². The molecular formula is C17H29NO2. The van der Waals surface area contributed by atoms with E-state index in [4.69, 9.17) is 10.5 Å². The van der Waals surface area contributed by atoms with E-state index in [1.165, 1.54) is 0 Å². The zero-order valence-electron chi connectivity index (χ0n) is 13.0. The number of benzene rings is 1. The second-order valence-electron chi connectivity index (χ2n) is 5.83. The molecule has 0 aliphatic carbocycles. The van der Waals surface area contributed by atoms with Crippen LogP contribution in [0.1, 0.15) is 51.5 Å². The minimum Gasteiger partial charge on any atom is -0.493 e. The lowest BCUT2D eigenvalue weighted by Crippen LogP contribution is -2.25. The summed E-state index contributed by atoms with van der Waals surface area (Å²) in [5.74, 6) is 1.41. The van der Waals surface area contributed by atoms with E-state index in [0.29, 0.717) is 12.5 Å². The third kappa shape index (κ3) is 5.51. The topological polar surface area (TPSA) is 55.5 Å². The summed E-state index contributed by atoms with van der Waals surface area (Å²) in [6.45, 7) is 7.58. The summed E-state index contributed by atoms with van der Waals surface area (Å²) < 4.78 is 5.67. The van der Waals surface area contributed by atoms with Crippen LogP contribution in [0.2, 0.25) is 0 Å². The van der Waals surface area contributed by atoms with Gasteiger partial charge < -0.3 is 15.6 Å². The molecule has 0 saturated carbocycles. The predicted molar refractivity (Wildman–Crippen MR) is 84.1 cm³/mol. The highest BCUT2D eigenvalue weighted by atomic mass is 16.5. The molecule has 3 N–H and O–H groups in total. The predicted octanol–water partition coefficient (Wildman–Crippen LogP) is 3.31. The molecule has 0 aliphatic heterocycles. The van der Waals surface area contributed by atoms with Gasteiger partial charge in [0.05, 0.1) is 12.7 Å². The molecule has 114 valence electrons. The summed E-state index contributed by atoms with van der Waals surface area (Å²) in [5, 5.41) is 10.2. The van der Waals surface area contributed by atoms with Gasteiger partial charge in [-0.2, -0.15) is 0 Å². The van der Waals surface area contributed by atoms with Gasteiger partial charge in [0.2, 0.25) is 0 Å². The molecule has 0 heterocycles. The van der Waals surface area contributed by atoms with Crippen molar-refractivity contribution in [3.8, 4) is 5.75 Å². The van der Waals surface area contributed by atoms with Crippen LogP contribution in [0.5, 0.6) is 5.75 Å². The highest BCUT2D eigenvalue weighted by molar-refractivity contribution is 5.30. The first kappa shape index (κ1) is 17.0. The number of hydrogen-bond acceptors (Lipinski definition) is 3. The molecule has 3 heteroatoms. The summed E-state index contributed by atoms with van der Waals surface area (Å²) in [5.41, 5.74) is 6.91. The molecule has 3 nitrogen and oxygen atoms in total. The van der Waals surface area contributed by atoms with Crippen molar-refractivity contribution in [2.75, 3.05) is 13.2 Å². The molecule has 0 amide bonds. The molecule has 1 aromatic rings. The zero-order valence-corrected chi connectivity index (χ0v) is 13.0. The van der Waals surface area contributed by atoms with Gasteiger partial charge in [0.15, 0.2) is 0 Å². The monoisotopic (exact) mass is 279 g/mol. The van der Waals surface area contributed by atoms with E-state index in [1.807, 2.05) is 24.3 Å². The highest BCUT2D eigenvalue weighted by Crippen LogP contribution is 2.24. The summed E-state index contributed by atoms with van der Waals surface area (Å²) in [4.78, 5) is 0. The maximum absolute atomic E-state index is 10.2. The third-order valence-corrected chi connectivity index (χ3v) is 3.46. The first-order chi connectivity index (χ1) is 9.58. The molecule has 0 spiro atoms. The van der Waals surface area contributed by atoms with Crippen LogP contribution in [0.25, 0.3) is 0 Å². The number of unbranched alkanes of at least 4 members (excludes halogenated alkanes) is 1. The maximum Gasteiger partial charge on any atom is 0.119 e. The van der Waals surface area contributed by atoms with Crippen molar-refractivity contribution in [3.63, 3.8) is 0 Å². The van der Waals surface area contributed by atoms with Crippen LogP contribution in [0.15, 0.2) is 24.3 Å². The van der Waals surface area contributed by atoms with Gasteiger partial charge in [0.25, 0.3) is 0 Å². The van der Waals surface area contributed by atoms with E-state index in [0.717, 1.165) is 37.2 Å². The molecule has 1 aromatic carbocycles. The lowest BCUT2D eigenvalue weighted by Gasteiger charge is -2.22. The maximum atomic E-state index is 10.2. The molecule has 0 aromatic heterocycles. The lowest BCUT2D eigenvalue weighted by molar-refractivity contribution is 0.133. The second kappa shape index (κ2) is 8.98. The Balaban J connectivity index is 2.64. The molecule has 0 fully saturated rings. The molecular weight excluding hydrogens is 250 g/mol. The number of aliphatic hydroxyl groups excluding tert-OH is 1. The van der Waals surface area contributed by atoms with Gasteiger partial charge in [-0.1, -0.05) is 45.7 Å². The van der Waals surface area contributed by atoms with Crippen LogP contribution in [-0.2, 0) is 0 Å². The minimum absolute atomic E-state index is 0.0145. The average molecular weight is 279 g/mol. The SMILES string of the molecule is CCCCC(O)C(CN)c1ccc(OCC(C)C)cc1. The number of rotatable bonds is 9. The number of ether oxygens (including phenoxy) is 1. The van der Waals surface area contributed by atoms with E-state index < -0.39 is 0 Å². The van der Waals surface area contributed by atoms with Crippen LogP contribution in [0, 0.1) is 5.92 Å². The largest absolute Gasteiger partial charge is 0.493 e. The van der Waals surface area contributed by atoms with Gasteiger partial charge in [-0.15, -0.1) is 0 Å². The first-order valence-electron chi connectivity index (χ1n) is 7.69. The molecule has 2 atom stereocenters. The van der Waals surface area contributed by atoms with E-state index in [2.05, 4.69) is 20.8 Å². The Labute approximate surface area is 123 Å². The molecule has 1 rings (SSSR count). The normalized spacial score (nSPS) is 14.3. The Morgan fingerprint density at radius 1 is 1.20 bits per heavy atom. The lowest BCUT2D eigenvalue weighted by atomic mass is 9.90. The second-order valence-corrected chi connectivity index (χ2v) is 5.83. The summed E-state index contributed by atoms with van der Waals surface area (Å²) in [6, 6.07) is 7.96. The van der Waals surface area contributed by atoms with E-state index >= 15 is 0 Å². The quantitative estimate of drug-likeness (QED) is 0.729. The fraction of sp³-hybridized carbons (Fsp3) is 0.647. The van der Waals surface area contributed by atoms with Crippen molar-refractivity contribution in [1.82, 2.24) is 0 Å². The Morgan fingerprint density at radius 3 is 2.35 bits per heavy atom. The van der Waals surface area contributed by atoms with Crippen molar-refractivity contribution < 1.29 is 9.84 Å². The average Bonchev–Trinajstić information content (AvgIpc) is 2.45. The molecule has 20 heavy (non-hydrogen) atoms. The first-order valence-corrected chi connectivity index (χ1v) is 7.69. The van der Waals surface area contributed by atoms with Crippen LogP contribution < -0.4 is 10.5 Å². The summed E-state index contributed by atoms with van der Waals surface area (Å²) in [7, 11) is 0. The van der Waals surface area contributed by atoms with Crippen LogP contribution in [0.3, 0.4) is 0 Å². The van der Waals surface area contributed by atoms with Crippen molar-refractivity contribution >= 4 is 0 Å². The number of hydrogen-bond donors (Lipinski definition) is 2. The summed E-state index contributed by atoms with van der Waals surface area (Å²) >= 11 is 0. The Hall–Kier alpha value is -1.06. The Bertz CT molecular complexity index is 362. The molecule has 0 aliphatic rings. The van der Waals surface area contributed by atoms with Crippen molar-refractivity contribution in [1.29, 1.82) is 0 Å². The summed E-state index contributed by atoms with van der Waals surface area (Å²) in [6.07, 6.45) is 2.58. The minimum atomic E-state index is -0.359. The van der Waals surface area contributed by atoms with Crippen LogP contribution >= 0.6 is 0 Å². The fourth-order valence-corrected chi connectivity index (χ4v) is 2.20. The van der Waals surface area contributed by atoms with E-state index in [9.17, 15) is 5.11 Å². The van der Waals surface area contributed by atoms with Crippen molar-refractivity contribution in [2.45, 2.75) is 52.1 Å².